The molecule has 1 saturated carbocycles. The average molecular weight is 181 g/mol. The second-order valence-corrected chi connectivity index (χ2v) is 4.98. The van der Waals surface area contributed by atoms with Crippen molar-refractivity contribution in [2.24, 2.45) is 11.7 Å². The molecular formula is C10H15NS. The first kappa shape index (κ1) is 8.27. The molecule has 2 heteroatoms. The molecule has 12 heavy (non-hydrogen) atoms. The molecular weight excluding hydrogens is 166 g/mol. The van der Waals surface area contributed by atoms with Gasteiger partial charge in [0.2, 0.25) is 0 Å². The van der Waals surface area contributed by atoms with E-state index in [9.17, 15) is 0 Å². The molecule has 2 rings (SSSR count). The maximum atomic E-state index is 6.12. The molecule has 0 aliphatic heterocycles. The Morgan fingerprint density at radius 3 is 2.67 bits per heavy atom. The van der Waals surface area contributed by atoms with E-state index < -0.39 is 0 Å². The molecule has 0 aromatic carbocycles. The van der Waals surface area contributed by atoms with Crippen molar-refractivity contribution in [2.45, 2.75) is 32.2 Å². The van der Waals surface area contributed by atoms with E-state index in [2.05, 4.69) is 19.1 Å². The molecule has 0 radical (unpaired) electrons. The minimum atomic E-state index is 0.317. The third kappa shape index (κ3) is 1.41. The Morgan fingerprint density at radius 1 is 1.50 bits per heavy atom. The summed E-state index contributed by atoms with van der Waals surface area (Å²) in [6, 6.07) is 4.67. The summed E-state index contributed by atoms with van der Waals surface area (Å²) < 4.78 is 0. The van der Waals surface area contributed by atoms with Crippen LogP contribution in [0.3, 0.4) is 0 Å². The van der Waals surface area contributed by atoms with Crippen LogP contribution in [-0.2, 0) is 0 Å². The predicted molar refractivity (Wildman–Crippen MR) is 53.3 cm³/mol. The largest absolute Gasteiger partial charge is 0.323 e. The monoisotopic (exact) mass is 181 g/mol. The van der Waals surface area contributed by atoms with E-state index in [4.69, 9.17) is 5.73 Å². The Hall–Kier alpha value is -0.340. The molecule has 2 N–H and O–H groups in total. The standard InChI is InChI=1S/C10H15NS/c1-7-5-6-9(12-7)10(11)8-3-2-4-8/h5-6,8,10H,2-4,11H2,1H3/t10-/m0/s1. The summed E-state index contributed by atoms with van der Waals surface area (Å²) in [6.07, 6.45) is 4.04. The third-order valence-corrected chi connectivity index (χ3v) is 3.85. The van der Waals surface area contributed by atoms with Crippen LogP contribution >= 0.6 is 11.3 Å². The number of rotatable bonds is 2. The van der Waals surface area contributed by atoms with Crippen LogP contribution in [0.25, 0.3) is 0 Å². The minimum absolute atomic E-state index is 0.317. The van der Waals surface area contributed by atoms with E-state index in [1.54, 1.807) is 0 Å². The van der Waals surface area contributed by atoms with E-state index >= 15 is 0 Å². The lowest BCUT2D eigenvalue weighted by atomic mass is 9.79. The van der Waals surface area contributed by atoms with E-state index in [0.717, 1.165) is 5.92 Å². The van der Waals surface area contributed by atoms with Gasteiger partial charge in [0.05, 0.1) is 0 Å². The number of nitrogens with two attached hydrogens (primary N) is 1. The zero-order valence-electron chi connectivity index (χ0n) is 7.42. The summed E-state index contributed by atoms with van der Waals surface area (Å²) in [5.41, 5.74) is 6.12. The topological polar surface area (TPSA) is 26.0 Å². The highest BCUT2D eigenvalue weighted by Crippen LogP contribution is 2.38. The van der Waals surface area contributed by atoms with Gasteiger partial charge in [-0.1, -0.05) is 6.42 Å². The minimum Gasteiger partial charge on any atom is -0.323 e. The summed E-state index contributed by atoms with van der Waals surface area (Å²) in [7, 11) is 0. The van der Waals surface area contributed by atoms with Crippen molar-refractivity contribution in [3.05, 3.63) is 21.9 Å². The SMILES string of the molecule is Cc1ccc([C@@H](N)C2CCC2)s1. The number of aryl methyl sites for hydroxylation is 1. The van der Waals surface area contributed by atoms with Crippen molar-refractivity contribution in [2.75, 3.05) is 0 Å². The first-order valence-electron chi connectivity index (χ1n) is 4.59. The van der Waals surface area contributed by atoms with Gasteiger partial charge in [-0.3, -0.25) is 0 Å². The van der Waals surface area contributed by atoms with Crippen LogP contribution in [0.2, 0.25) is 0 Å². The molecule has 1 aromatic rings. The Morgan fingerprint density at radius 2 is 2.25 bits per heavy atom. The molecule has 1 fully saturated rings. The number of hydrogen-bond acceptors (Lipinski definition) is 2. The van der Waals surface area contributed by atoms with E-state index in [1.807, 2.05) is 11.3 Å². The second-order valence-electron chi connectivity index (χ2n) is 3.67. The van der Waals surface area contributed by atoms with Crippen molar-refractivity contribution in [3.63, 3.8) is 0 Å². The number of thiophene rings is 1. The highest BCUT2D eigenvalue weighted by Gasteiger charge is 2.26. The maximum absolute atomic E-state index is 6.12. The quantitative estimate of drug-likeness (QED) is 0.746. The average Bonchev–Trinajstić information content (AvgIpc) is 2.31. The Bertz CT molecular complexity index is 263. The molecule has 0 amide bonds. The van der Waals surface area contributed by atoms with Crippen molar-refractivity contribution in [3.8, 4) is 0 Å². The van der Waals surface area contributed by atoms with Crippen molar-refractivity contribution >= 4 is 11.3 Å². The molecule has 1 aromatic heterocycles. The summed E-state index contributed by atoms with van der Waals surface area (Å²) >= 11 is 1.85. The Balaban J connectivity index is 2.08. The lowest BCUT2D eigenvalue weighted by Gasteiger charge is -2.30. The van der Waals surface area contributed by atoms with Crippen LogP contribution in [0.4, 0.5) is 0 Å². The Labute approximate surface area is 77.6 Å². The lowest BCUT2D eigenvalue weighted by Crippen LogP contribution is -2.25. The predicted octanol–water partition coefficient (Wildman–Crippen LogP) is 2.86. The van der Waals surface area contributed by atoms with Crippen LogP contribution in [0.5, 0.6) is 0 Å². The van der Waals surface area contributed by atoms with Crippen molar-refractivity contribution in [1.82, 2.24) is 0 Å². The van der Waals surface area contributed by atoms with Gasteiger partial charge in [0, 0.05) is 15.8 Å². The third-order valence-electron chi connectivity index (χ3n) is 2.75. The number of hydrogen-bond donors (Lipinski definition) is 1. The molecule has 1 aliphatic rings. The van der Waals surface area contributed by atoms with Gasteiger partial charge >= 0.3 is 0 Å². The van der Waals surface area contributed by atoms with Crippen molar-refractivity contribution < 1.29 is 0 Å². The molecule has 66 valence electrons. The van der Waals surface area contributed by atoms with Crippen LogP contribution in [0.1, 0.15) is 35.1 Å². The molecule has 0 spiro atoms. The Kier molecular flexibility index (Phi) is 2.20. The zero-order valence-corrected chi connectivity index (χ0v) is 8.23. The molecule has 1 aliphatic carbocycles. The smallest absolute Gasteiger partial charge is 0.0418 e. The molecule has 0 unspecified atom stereocenters. The van der Waals surface area contributed by atoms with Crippen LogP contribution in [0, 0.1) is 12.8 Å². The van der Waals surface area contributed by atoms with Crippen molar-refractivity contribution in [1.29, 1.82) is 0 Å². The summed E-state index contributed by atoms with van der Waals surface area (Å²) in [4.78, 5) is 2.75. The second kappa shape index (κ2) is 3.19. The fraction of sp³-hybridized carbons (Fsp3) is 0.600. The summed E-state index contributed by atoms with van der Waals surface area (Å²) in [6.45, 7) is 2.14. The zero-order chi connectivity index (χ0) is 8.55. The first-order valence-corrected chi connectivity index (χ1v) is 5.41. The van der Waals surface area contributed by atoms with Gasteiger partial charge in [-0.15, -0.1) is 11.3 Å². The first-order chi connectivity index (χ1) is 5.77. The van der Waals surface area contributed by atoms with E-state index in [-0.39, 0.29) is 0 Å². The van der Waals surface area contributed by atoms with Gasteiger partial charge in [0.15, 0.2) is 0 Å². The van der Waals surface area contributed by atoms with Gasteiger partial charge < -0.3 is 5.73 Å². The molecule has 0 bridgehead atoms. The van der Waals surface area contributed by atoms with E-state index in [0.29, 0.717) is 6.04 Å². The normalized spacial score (nSPS) is 20.5. The van der Waals surface area contributed by atoms with Crippen LogP contribution in [0.15, 0.2) is 12.1 Å². The summed E-state index contributed by atoms with van der Waals surface area (Å²) in [5, 5.41) is 0. The van der Waals surface area contributed by atoms with Gasteiger partial charge in [-0.25, -0.2) is 0 Å². The lowest BCUT2D eigenvalue weighted by molar-refractivity contribution is 0.267. The highest BCUT2D eigenvalue weighted by molar-refractivity contribution is 7.12. The maximum Gasteiger partial charge on any atom is 0.0418 e. The van der Waals surface area contributed by atoms with Gasteiger partial charge in [-0.2, -0.15) is 0 Å². The van der Waals surface area contributed by atoms with Crippen LogP contribution < -0.4 is 5.73 Å². The van der Waals surface area contributed by atoms with Crippen LogP contribution in [-0.4, -0.2) is 0 Å². The molecule has 1 heterocycles. The molecule has 1 atom stereocenters. The molecule has 1 nitrogen and oxygen atoms in total. The molecule has 0 saturated heterocycles. The fourth-order valence-electron chi connectivity index (χ4n) is 1.66. The fourth-order valence-corrected chi connectivity index (χ4v) is 2.64. The van der Waals surface area contributed by atoms with Gasteiger partial charge in [0.25, 0.3) is 0 Å². The van der Waals surface area contributed by atoms with Gasteiger partial charge in [0.1, 0.15) is 0 Å². The highest BCUT2D eigenvalue weighted by atomic mass is 32.1. The van der Waals surface area contributed by atoms with Gasteiger partial charge in [-0.05, 0) is 37.8 Å². The summed E-state index contributed by atoms with van der Waals surface area (Å²) in [5.74, 6) is 0.767. The van der Waals surface area contributed by atoms with E-state index in [1.165, 1.54) is 29.0 Å².